The smallest absolute Gasteiger partial charge is 0.306 e. The number of aliphatic carboxylic acids is 1. The van der Waals surface area contributed by atoms with Crippen LogP contribution < -0.4 is 10.1 Å². The number of ether oxygens (including phenoxy) is 1. The van der Waals surface area contributed by atoms with E-state index < -0.39 is 5.97 Å². The summed E-state index contributed by atoms with van der Waals surface area (Å²) in [6, 6.07) is 15.4. The number of amides is 1. The van der Waals surface area contributed by atoms with Crippen molar-refractivity contribution in [3.63, 3.8) is 0 Å². The molecule has 0 spiro atoms. The Hall–Kier alpha value is -3.91. The number of nitrogens with one attached hydrogen (secondary N) is 1. The van der Waals surface area contributed by atoms with Crippen molar-refractivity contribution in [1.82, 2.24) is 20.1 Å². The quantitative estimate of drug-likeness (QED) is 0.307. The van der Waals surface area contributed by atoms with E-state index in [-0.39, 0.29) is 17.9 Å². The summed E-state index contributed by atoms with van der Waals surface area (Å²) < 4.78 is 7.31. The molecule has 2 aromatic heterocycles. The fourth-order valence-electron chi connectivity index (χ4n) is 5.01. The second-order valence-corrected chi connectivity index (χ2v) is 9.94. The molecule has 1 aliphatic carbocycles. The molecule has 1 fully saturated rings. The van der Waals surface area contributed by atoms with E-state index in [0.29, 0.717) is 66.2 Å². The Bertz CT molecular complexity index is 1460. The van der Waals surface area contributed by atoms with Crippen LogP contribution >= 0.6 is 11.6 Å². The van der Waals surface area contributed by atoms with E-state index in [1.54, 1.807) is 29.2 Å². The predicted octanol–water partition coefficient (Wildman–Crippen LogP) is 5.57. The van der Waals surface area contributed by atoms with E-state index in [1.807, 2.05) is 43.3 Å². The highest BCUT2D eigenvalue weighted by molar-refractivity contribution is 6.36. The lowest BCUT2D eigenvalue weighted by molar-refractivity contribution is -0.142. The summed E-state index contributed by atoms with van der Waals surface area (Å²) in [5.41, 5.74) is 4.26. The lowest BCUT2D eigenvalue weighted by atomic mass is 9.86. The van der Waals surface area contributed by atoms with E-state index in [9.17, 15) is 14.7 Å². The van der Waals surface area contributed by atoms with E-state index in [1.165, 1.54) is 0 Å². The van der Waals surface area contributed by atoms with Crippen LogP contribution in [0, 0.1) is 5.92 Å². The summed E-state index contributed by atoms with van der Waals surface area (Å²) in [7, 11) is 0. The molecule has 0 radical (unpaired) electrons. The topological polar surface area (TPSA) is 106 Å². The first-order chi connectivity index (χ1) is 18.4. The van der Waals surface area contributed by atoms with Gasteiger partial charge in [-0.2, -0.15) is 5.10 Å². The van der Waals surface area contributed by atoms with Gasteiger partial charge >= 0.3 is 5.97 Å². The summed E-state index contributed by atoms with van der Waals surface area (Å²) >= 11 is 6.46. The number of nitrogens with zero attached hydrogens (tertiary/aromatic N) is 3. The summed E-state index contributed by atoms with van der Waals surface area (Å²) in [6.45, 7) is 2.95. The molecule has 1 amide bonds. The zero-order valence-corrected chi connectivity index (χ0v) is 21.8. The first-order valence-corrected chi connectivity index (χ1v) is 13.2. The van der Waals surface area contributed by atoms with Crippen molar-refractivity contribution >= 4 is 34.4 Å². The van der Waals surface area contributed by atoms with Gasteiger partial charge in [-0.3, -0.25) is 14.3 Å². The van der Waals surface area contributed by atoms with Gasteiger partial charge in [0.1, 0.15) is 0 Å². The molecule has 5 rings (SSSR count). The lowest BCUT2D eigenvalue weighted by Gasteiger charge is -2.27. The van der Waals surface area contributed by atoms with Gasteiger partial charge in [-0.15, -0.1) is 0 Å². The second kappa shape index (κ2) is 11.2. The molecular weight excluding hydrogens is 504 g/mol. The lowest BCUT2D eigenvalue weighted by Crippen LogP contribution is -2.38. The molecule has 0 atom stereocenters. The minimum Gasteiger partial charge on any atom is -0.481 e. The Morgan fingerprint density at radius 1 is 1.08 bits per heavy atom. The standard InChI is InChI=1S/C29H29ClN4O4/c1-2-38-26-15-21(13-14-31-26)19-5-3-18(4-6-19)17-34-27-23(11-12-25(30)24(27)16-32-34)28(35)33-22-9-7-20(8-10-22)29(36)37/h3-6,11-16,20,22H,2,7-10,17H2,1H3,(H,33,35)(H,36,37). The van der Waals surface area contributed by atoms with Crippen LogP contribution in [-0.4, -0.2) is 44.4 Å². The minimum absolute atomic E-state index is 0.0517. The number of carboxylic acids is 1. The Balaban J connectivity index is 1.35. The third kappa shape index (κ3) is 5.50. The molecule has 1 saturated carbocycles. The molecule has 2 heterocycles. The van der Waals surface area contributed by atoms with Gasteiger partial charge in [-0.05, 0) is 67.5 Å². The summed E-state index contributed by atoms with van der Waals surface area (Å²) in [4.78, 5) is 28.8. The molecule has 2 N–H and O–H groups in total. The molecular formula is C29H29ClN4O4. The number of pyridine rings is 1. The van der Waals surface area contributed by atoms with E-state index in [4.69, 9.17) is 16.3 Å². The highest BCUT2D eigenvalue weighted by Gasteiger charge is 2.27. The predicted molar refractivity (Wildman–Crippen MR) is 146 cm³/mol. The summed E-state index contributed by atoms with van der Waals surface area (Å²) in [5.74, 6) is -0.703. The number of hydrogen-bond acceptors (Lipinski definition) is 5. The van der Waals surface area contributed by atoms with E-state index >= 15 is 0 Å². The number of carbonyl (C=O) groups is 2. The molecule has 8 nitrogen and oxygen atoms in total. The first-order valence-electron chi connectivity index (χ1n) is 12.8. The SMILES string of the molecule is CCOc1cc(-c2ccc(Cn3ncc4c(Cl)ccc(C(=O)NC5CCC(C(=O)O)CC5)c43)cc2)ccn1. The molecule has 4 aromatic rings. The largest absolute Gasteiger partial charge is 0.481 e. The zero-order chi connectivity index (χ0) is 26.6. The summed E-state index contributed by atoms with van der Waals surface area (Å²) in [5, 5.41) is 18.1. The van der Waals surface area contributed by atoms with Crippen molar-refractivity contribution in [3.8, 4) is 17.0 Å². The first kappa shape index (κ1) is 25.7. The Morgan fingerprint density at radius 3 is 2.55 bits per heavy atom. The molecule has 9 heteroatoms. The normalized spacial score (nSPS) is 17.3. The highest BCUT2D eigenvalue weighted by Crippen LogP contribution is 2.29. The van der Waals surface area contributed by atoms with Crippen LogP contribution in [0.5, 0.6) is 5.88 Å². The molecule has 0 aliphatic heterocycles. The van der Waals surface area contributed by atoms with Crippen molar-refractivity contribution in [2.45, 2.75) is 45.2 Å². The maximum atomic E-state index is 13.3. The Kier molecular flexibility index (Phi) is 7.60. The van der Waals surface area contributed by atoms with Crippen LogP contribution in [0.4, 0.5) is 0 Å². The number of rotatable bonds is 8. The Labute approximate surface area is 225 Å². The molecule has 0 unspecified atom stereocenters. The second-order valence-electron chi connectivity index (χ2n) is 9.53. The molecule has 196 valence electrons. The van der Waals surface area contributed by atoms with Gasteiger partial charge in [-0.25, -0.2) is 4.98 Å². The average Bonchev–Trinajstić information content (AvgIpc) is 3.34. The van der Waals surface area contributed by atoms with Crippen molar-refractivity contribution in [3.05, 3.63) is 77.1 Å². The van der Waals surface area contributed by atoms with Crippen LogP contribution in [0.1, 0.15) is 48.5 Å². The van der Waals surface area contributed by atoms with Crippen molar-refractivity contribution in [2.24, 2.45) is 5.92 Å². The van der Waals surface area contributed by atoms with Gasteiger partial charge < -0.3 is 15.2 Å². The van der Waals surface area contributed by atoms with Gasteiger partial charge in [0.05, 0.1) is 41.4 Å². The maximum absolute atomic E-state index is 13.3. The van der Waals surface area contributed by atoms with Crippen LogP contribution in [-0.2, 0) is 11.3 Å². The van der Waals surface area contributed by atoms with Crippen LogP contribution in [0.25, 0.3) is 22.0 Å². The van der Waals surface area contributed by atoms with Gasteiger partial charge in [0.15, 0.2) is 0 Å². The van der Waals surface area contributed by atoms with Crippen LogP contribution in [0.15, 0.2) is 60.9 Å². The molecule has 0 saturated heterocycles. The van der Waals surface area contributed by atoms with Crippen molar-refractivity contribution in [2.75, 3.05) is 6.61 Å². The number of carboxylic acid groups (broad SMARTS) is 1. The molecule has 38 heavy (non-hydrogen) atoms. The average molecular weight is 533 g/mol. The van der Waals surface area contributed by atoms with Gasteiger partial charge in [-0.1, -0.05) is 35.9 Å². The zero-order valence-electron chi connectivity index (χ0n) is 21.1. The maximum Gasteiger partial charge on any atom is 0.306 e. The number of aromatic nitrogens is 3. The highest BCUT2D eigenvalue weighted by atomic mass is 35.5. The third-order valence-electron chi connectivity index (χ3n) is 7.05. The van der Waals surface area contributed by atoms with Gasteiger partial charge in [0, 0.05) is 23.7 Å². The van der Waals surface area contributed by atoms with Crippen molar-refractivity contribution < 1.29 is 19.4 Å². The number of fused-ring (bicyclic) bond motifs is 1. The van der Waals surface area contributed by atoms with E-state index in [2.05, 4.69) is 15.4 Å². The van der Waals surface area contributed by atoms with Crippen molar-refractivity contribution in [1.29, 1.82) is 0 Å². The van der Waals surface area contributed by atoms with Crippen LogP contribution in [0.2, 0.25) is 5.02 Å². The monoisotopic (exact) mass is 532 g/mol. The number of carbonyl (C=O) groups excluding carboxylic acids is 1. The molecule has 1 aliphatic rings. The molecule has 0 bridgehead atoms. The van der Waals surface area contributed by atoms with Gasteiger partial charge in [0.25, 0.3) is 5.91 Å². The minimum atomic E-state index is -0.762. The Morgan fingerprint density at radius 2 is 1.84 bits per heavy atom. The molecule has 2 aromatic carbocycles. The third-order valence-corrected chi connectivity index (χ3v) is 7.38. The van der Waals surface area contributed by atoms with E-state index in [0.717, 1.165) is 16.7 Å². The van der Waals surface area contributed by atoms with Gasteiger partial charge in [0.2, 0.25) is 5.88 Å². The fraction of sp³-hybridized carbons (Fsp3) is 0.310. The number of halogens is 1. The van der Waals surface area contributed by atoms with Crippen LogP contribution in [0.3, 0.4) is 0 Å². The number of hydrogen-bond donors (Lipinski definition) is 2. The summed E-state index contributed by atoms with van der Waals surface area (Å²) in [6.07, 6.45) is 5.85. The fourth-order valence-corrected chi connectivity index (χ4v) is 5.21. The number of benzene rings is 2.